The normalized spacial score (nSPS) is 17.1. The number of amides is 1. The smallest absolute Gasteiger partial charge is 0.246 e. The molecule has 182 valence electrons. The first-order chi connectivity index (χ1) is 15.6. The Hall–Kier alpha value is -2.43. The highest BCUT2D eigenvalue weighted by atomic mass is 32.2. The van der Waals surface area contributed by atoms with Crippen LogP contribution in [-0.4, -0.2) is 69.2 Å². The molecule has 2 N–H and O–H groups in total. The van der Waals surface area contributed by atoms with Crippen LogP contribution in [0.3, 0.4) is 0 Å². The third kappa shape index (κ3) is 6.55. The molecule has 1 aromatic carbocycles. The summed E-state index contributed by atoms with van der Waals surface area (Å²) in [5.41, 5.74) is 2.80. The summed E-state index contributed by atoms with van der Waals surface area (Å²) in [5, 5.41) is 6.59. The van der Waals surface area contributed by atoms with Crippen molar-refractivity contribution in [2.45, 2.75) is 58.0 Å². The van der Waals surface area contributed by atoms with E-state index in [-0.39, 0.29) is 28.3 Å². The number of hydrogen-bond acceptors (Lipinski definition) is 7. The molecule has 1 fully saturated rings. The number of anilines is 1. The van der Waals surface area contributed by atoms with Gasteiger partial charge >= 0.3 is 0 Å². The first kappa shape index (κ1) is 25.2. The van der Waals surface area contributed by atoms with Crippen LogP contribution in [0.4, 0.5) is 5.69 Å². The van der Waals surface area contributed by atoms with Crippen molar-refractivity contribution in [2.75, 3.05) is 37.6 Å². The van der Waals surface area contributed by atoms with Crippen molar-refractivity contribution >= 4 is 21.6 Å². The molecule has 2 aromatic rings. The molecule has 0 saturated carbocycles. The summed E-state index contributed by atoms with van der Waals surface area (Å²) in [5.74, 6) is -0.162. The van der Waals surface area contributed by atoms with Crippen LogP contribution < -0.4 is 14.9 Å². The molecule has 2 atom stereocenters. The van der Waals surface area contributed by atoms with Gasteiger partial charge in [-0.1, -0.05) is 17.3 Å². The number of aromatic nitrogens is 1. The van der Waals surface area contributed by atoms with Crippen LogP contribution in [0.15, 0.2) is 33.7 Å². The van der Waals surface area contributed by atoms with Gasteiger partial charge in [0.1, 0.15) is 10.6 Å². The fourth-order valence-electron chi connectivity index (χ4n) is 4.07. The number of hydrogen-bond donors (Lipinski definition) is 2. The molecule has 3 rings (SSSR count). The molecule has 0 spiro atoms. The van der Waals surface area contributed by atoms with Crippen LogP contribution in [0, 0.1) is 20.8 Å². The highest BCUT2D eigenvalue weighted by molar-refractivity contribution is 7.89. The SMILES string of the molecule is Cc1cccc(N2CCN(CCC(C)NC(=O)[C@H](C)NS(=O)(=O)c3c(C)noc3C)CC2)c1. The Balaban J connectivity index is 1.42. The minimum absolute atomic E-state index is 0.0139. The Labute approximate surface area is 196 Å². The number of piperazine rings is 1. The number of nitrogens with one attached hydrogen (secondary N) is 2. The van der Waals surface area contributed by atoms with E-state index < -0.39 is 16.1 Å². The summed E-state index contributed by atoms with van der Waals surface area (Å²) in [6.07, 6.45) is 0.791. The topological polar surface area (TPSA) is 108 Å². The molecule has 1 saturated heterocycles. The number of carbonyl (C=O) groups excluding carboxylic acids is 1. The van der Waals surface area contributed by atoms with Gasteiger partial charge in [-0.05, 0) is 58.7 Å². The van der Waals surface area contributed by atoms with E-state index in [9.17, 15) is 13.2 Å². The van der Waals surface area contributed by atoms with Crippen LogP contribution in [0.5, 0.6) is 0 Å². The predicted octanol–water partition coefficient (Wildman–Crippen LogP) is 1.98. The summed E-state index contributed by atoms with van der Waals surface area (Å²) >= 11 is 0. The zero-order valence-electron chi connectivity index (χ0n) is 20.1. The van der Waals surface area contributed by atoms with Gasteiger partial charge in [-0.2, -0.15) is 4.72 Å². The number of benzene rings is 1. The number of carbonyl (C=O) groups is 1. The Morgan fingerprint density at radius 2 is 1.85 bits per heavy atom. The molecule has 1 amide bonds. The lowest BCUT2D eigenvalue weighted by Gasteiger charge is -2.36. The molecule has 2 heterocycles. The van der Waals surface area contributed by atoms with Gasteiger partial charge in [0.15, 0.2) is 5.76 Å². The third-order valence-electron chi connectivity index (χ3n) is 5.97. The quantitative estimate of drug-likeness (QED) is 0.569. The second-order valence-electron chi connectivity index (χ2n) is 8.86. The molecule has 1 aliphatic rings. The average Bonchev–Trinajstić information content (AvgIpc) is 3.11. The molecule has 10 heteroatoms. The van der Waals surface area contributed by atoms with Gasteiger partial charge in [0.25, 0.3) is 0 Å². The summed E-state index contributed by atoms with van der Waals surface area (Å²) in [6.45, 7) is 13.4. The van der Waals surface area contributed by atoms with Crippen LogP contribution in [0.2, 0.25) is 0 Å². The first-order valence-corrected chi connectivity index (χ1v) is 12.8. The summed E-state index contributed by atoms with van der Waals surface area (Å²) in [7, 11) is -3.90. The molecule has 0 bridgehead atoms. The van der Waals surface area contributed by atoms with Gasteiger partial charge in [0, 0.05) is 44.5 Å². The minimum Gasteiger partial charge on any atom is -0.369 e. The monoisotopic (exact) mass is 477 g/mol. The van der Waals surface area contributed by atoms with Gasteiger partial charge in [0.2, 0.25) is 15.9 Å². The summed E-state index contributed by atoms with van der Waals surface area (Å²) < 4.78 is 32.6. The van der Waals surface area contributed by atoms with Gasteiger partial charge in [-0.25, -0.2) is 8.42 Å². The number of nitrogens with zero attached hydrogens (tertiary/aromatic N) is 3. The van der Waals surface area contributed by atoms with Crippen molar-refractivity contribution in [3.63, 3.8) is 0 Å². The zero-order chi connectivity index (χ0) is 24.2. The fourth-order valence-corrected chi connectivity index (χ4v) is 5.61. The third-order valence-corrected chi connectivity index (χ3v) is 7.75. The van der Waals surface area contributed by atoms with Crippen LogP contribution >= 0.6 is 0 Å². The Morgan fingerprint density at radius 3 is 2.45 bits per heavy atom. The first-order valence-electron chi connectivity index (χ1n) is 11.4. The molecule has 33 heavy (non-hydrogen) atoms. The Kier molecular flexibility index (Phi) is 8.14. The lowest BCUT2D eigenvalue weighted by molar-refractivity contribution is -0.123. The fraction of sp³-hybridized carbons (Fsp3) is 0.565. The molecule has 0 aliphatic carbocycles. The molecule has 1 aliphatic heterocycles. The molecule has 0 radical (unpaired) electrons. The van der Waals surface area contributed by atoms with Crippen LogP contribution in [-0.2, 0) is 14.8 Å². The van der Waals surface area contributed by atoms with E-state index in [1.807, 2.05) is 6.92 Å². The zero-order valence-corrected chi connectivity index (χ0v) is 20.9. The predicted molar refractivity (Wildman–Crippen MR) is 128 cm³/mol. The molecule has 1 unspecified atom stereocenters. The maximum absolute atomic E-state index is 12.6. The van der Waals surface area contributed by atoms with Gasteiger partial charge in [0.05, 0.1) is 6.04 Å². The van der Waals surface area contributed by atoms with E-state index >= 15 is 0 Å². The lowest BCUT2D eigenvalue weighted by Crippen LogP contribution is -2.49. The van der Waals surface area contributed by atoms with Crippen molar-refractivity contribution in [1.82, 2.24) is 20.1 Å². The number of aryl methyl sites for hydroxylation is 3. The Morgan fingerprint density at radius 1 is 1.15 bits per heavy atom. The molecular formula is C23H35N5O4S. The van der Waals surface area contributed by atoms with Gasteiger partial charge in [-0.15, -0.1) is 0 Å². The van der Waals surface area contributed by atoms with E-state index in [1.54, 1.807) is 6.92 Å². The largest absolute Gasteiger partial charge is 0.369 e. The van der Waals surface area contributed by atoms with E-state index in [1.165, 1.54) is 25.1 Å². The van der Waals surface area contributed by atoms with Crippen molar-refractivity contribution in [3.8, 4) is 0 Å². The number of sulfonamides is 1. The highest BCUT2D eigenvalue weighted by Gasteiger charge is 2.28. The van der Waals surface area contributed by atoms with Crippen LogP contribution in [0.25, 0.3) is 0 Å². The second kappa shape index (κ2) is 10.7. The molecule has 9 nitrogen and oxygen atoms in total. The lowest BCUT2D eigenvalue weighted by atomic mass is 10.1. The minimum atomic E-state index is -3.90. The van der Waals surface area contributed by atoms with Gasteiger partial charge < -0.3 is 14.7 Å². The molecule has 1 aromatic heterocycles. The highest BCUT2D eigenvalue weighted by Crippen LogP contribution is 2.19. The Bertz CT molecular complexity index is 1040. The van der Waals surface area contributed by atoms with E-state index in [0.29, 0.717) is 0 Å². The van der Waals surface area contributed by atoms with E-state index in [4.69, 9.17) is 4.52 Å². The average molecular weight is 478 g/mol. The van der Waals surface area contributed by atoms with Gasteiger partial charge in [-0.3, -0.25) is 9.69 Å². The second-order valence-corrected chi connectivity index (χ2v) is 10.5. The molecular weight excluding hydrogens is 442 g/mol. The van der Waals surface area contributed by atoms with Crippen molar-refractivity contribution in [2.24, 2.45) is 0 Å². The number of rotatable bonds is 9. The van der Waals surface area contributed by atoms with Crippen molar-refractivity contribution < 1.29 is 17.7 Å². The maximum atomic E-state index is 12.6. The summed E-state index contributed by atoms with van der Waals surface area (Å²) in [4.78, 5) is 17.3. The summed E-state index contributed by atoms with van der Waals surface area (Å²) in [6, 6.07) is 7.59. The maximum Gasteiger partial charge on any atom is 0.246 e. The van der Waals surface area contributed by atoms with Crippen molar-refractivity contribution in [3.05, 3.63) is 41.3 Å². The van der Waals surface area contributed by atoms with E-state index in [2.05, 4.69) is 56.2 Å². The van der Waals surface area contributed by atoms with Crippen molar-refractivity contribution in [1.29, 1.82) is 0 Å². The van der Waals surface area contributed by atoms with Crippen LogP contribution in [0.1, 0.15) is 37.3 Å². The standard InChI is InChI=1S/C23H35N5O4S/c1-16-7-6-8-21(15-16)28-13-11-27(12-14-28)10-9-17(2)24-23(29)19(4)26-33(30,31)22-18(3)25-32-20(22)5/h6-8,15,17,19,26H,9-14H2,1-5H3,(H,24,29)/t17?,19-/m0/s1. The van der Waals surface area contributed by atoms with E-state index in [0.717, 1.165) is 39.1 Å².